The molecule has 0 spiro atoms. The minimum Gasteiger partial charge on any atom is -0.481 e. The van der Waals surface area contributed by atoms with E-state index in [-0.39, 0.29) is 12.3 Å². The topological polar surface area (TPSA) is 75.4 Å². The summed E-state index contributed by atoms with van der Waals surface area (Å²) in [7, 11) is 1.64. The Hall–Kier alpha value is -1.85. The zero-order chi connectivity index (χ0) is 12.6. The van der Waals surface area contributed by atoms with Crippen LogP contribution in [0.5, 0.6) is 0 Å². The molecule has 6 nitrogen and oxygen atoms in total. The van der Waals surface area contributed by atoms with E-state index >= 15 is 0 Å². The highest BCUT2D eigenvalue weighted by molar-refractivity contribution is 5.87. The summed E-state index contributed by atoms with van der Waals surface area (Å²) in [5, 5.41) is 9.17. The van der Waals surface area contributed by atoms with Gasteiger partial charge in [-0.1, -0.05) is 0 Å². The van der Waals surface area contributed by atoms with E-state index in [2.05, 4.69) is 4.98 Å². The van der Waals surface area contributed by atoms with Gasteiger partial charge >= 0.3 is 5.97 Å². The molecule has 2 rings (SSSR count). The van der Waals surface area contributed by atoms with Gasteiger partial charge in [0.2, 0.25) is 5.91 Å². The van der Waals surface area contributed by atoms with Crippen LogP contribution in [-0.2, 0) is 16.1 Å². The summed E-state index contributed by atoms with van der Waals surface area (Å²) in [6.07, 6.45) is 3.36. The van der Waals surface area contributed by atoms with E-state index in [9.17, 15) is 14.7 Å². The molecule has 0 aromatic carbocycles. The van der Waals surface area contributed by atoms with Crippen molar-refractivity contribution < 1.29 is 14.7 Å². The first-order chi connectivity index (χ1) is 8.06. The number of carboxylic acids is 1. The van der Waals surface area contributed by atoms with E-state index in [0.717, 1.165) is 5.69 Å². The van der Waals surface area contributed by atoms with Gasteiger partial charge < -0.3 is 14.6 Å². The number of aliphatic carboxylic acids is 1. The number of imidazole rings is 1. The molecule has 1 aliphatic rings. The van der Waals surface area contributed by atoms with Gasteiger partial charge in [0.05, 0.1) is 30.2 Å². The lowest BCUT2D eigenvalue weighted by Gasteiger charge is -2.23. The lowest BCUT2D eigenvalue weighted by molar-refractivity contribution is -0.142. The standard InChI is InChI=1S/C11H15N3O3/c1-3-14-6-12-5-8(14)10-7(11(16)17)4-9(15)13(10)2/h5-7,10H,3-4H2,1-2H3,(H,16,17). The summed E-state index contributed by atoms with van der Waals surface area (Å²) in [6, 6.07) is -0.414. The molecule has 0 bridgehead atoms. The Morgan fingerprint density at radius 1 is 1.65 bits per heavy atom. The highest BCUT2D eigenvalue weighted by Crippen LogP contribution is 2.36. The monoisotopic (exact) mass is 237 g/mol. The van der Waals surface area contributed by atoms with E-state index in [0.29, 0.717) is 6.54 Å². The van der Waals surface area contributed by atoms with Crippen molar-refractivity contribution >= 4 is 11.9 Å². The minimum atomic E-state index is -0.934. The van der Waals surface area contributed by atoms with Gasteiger partial charge in [0, 0.05) is 20.0 Å². The second-order valence-corrected chi connectivity index (χ2v) is 4.20. The van der Waals surface area contributed by atoms with E-state index < -0.39 is 17.9 Å². The van der Waals surface area contributed by atoms with Crippen LogP contribution >= 0.6 is 0 Å². The van der Waals surface area contributed by atoms with Crippen LogP contribution in [-0.4, -0.2) is 38.5 Å². The second-order valence-electron chi connectivity index (χ2n) is 4.20. The number of hydrogen-bond donors (Lipinski definition) is 1. The van der Waals surface area contributed by atoms with Crippen LogP contribution in [0, 0.1) is 5.92 Å². The van der Waals surface area contributed by atoms with Gasteiger partial charge in [0.1, 0.15) is 0 Å². The highest BCUT2D eigenvalue weighted by Gasteiger charge is 2.44. The second kappa shape index (κ2) is 4.20. The van der Waals surface area contributed by atoms with Crippen LogP contribution in [0.15, 0.2) is 12.5 Å². The molecule has 2 atom stereocenters. The lowest BCUT2D eigenvalue weighted by atomic mass is 9.98. The SMILES string of the molecule is CCn1cncc1C1C(C(=O)O)CC(=O)N1C. The largest absolute Gasteiger partial charge is 0.481 e. The number of aromatic nitrogens is 2. The van der Waals surface area contributed by atoms with Gasteiger partial charge in [-0.2, -0.15) is 0 Å². The first-order valence-corrected chi connectivity index (χ1v) is 5.54. The molecule has 1 aliphatic heterocycles. The highest BCUT2D eigenvalue weighted by atomic mass is 16.4. The maximum Gasteiger partial charge on any atom is 0.309 e. The smallest absolute Gasteiger partial charge is 0.309 e. The molecule has 17 heavy (non-hydrogen) atoms. The van der Waals surface area contributed by atoms with Crippen molar-refractivity contribution in [3.05, 3.63) is 18.2 Å². The minimum absolute atomic E-state index is 0.0609. The van der Waals surface area contributed by atoms with Crippen LogP contribution in [0.3, 0.4) is 0 Å². The fourth-order valence-electron chi connectivity index (χ4n) is 2.34. The van der Waals surface area contributed by atoms with Crippen molar-refractivity contribution in [3.63, 3.8) is 0 Å². The summed E-state index contributed by atoms with van der Waals surface area (Å²) in [4.78, 5) is 28.3. The number of aryl methyl sites for hydroxylation is 1. The van der Waals surface area contributed by atoms with Gasteiger partial charge in [-0.25, -0.2) is 4.98 Å². The number of amides is 1. The average Bonchev–Trinajstić information content (AvgIpc) is 2.84. The third kappa shape index (κ3) is 1.79. The molecule has 1 aromatic heterocycles. The van der Waals surface area contributed by atoms with Crippen LogP contribution in [0.2, 0.25) is 0 Å². The van der Waals surface area contributed by atoms with Crippen molar-refractivity contribution in [2.45, 2.75) is 25.9 Å². The van der Waals surface area contributed by atoms with E-state index in [4.69, 9.17) is 0 Å². The Balaban J connectivity index is 2.40. The predicted molar refractivity (Wildman–Crippen MR) is 59.2 cm³/mol. The van der Waals surface area contributed by atoms with Crippen molar-refractivity contribution in [2.24, 2.45) is 5.92 Å². The number of carbonyl (C=O) groups is 2. The summed E-state index contributed by atoms with van der Waals surface area (Å²) in [6.45, 7) is 2.66. The Morgan fingerprint density at radius 3 is 2.94 bits per heavy atom. The molecular formula is C11H15N3O3. The molecule has 2 heterocycles. The number of nitrogens with zero attached hydrogens (tertiary/aromatic N) is 3. The van der Waals surface area contributed by atoms with Crippen LogP contribution < -0.4 is 0 Å². The Morgan fingerprint density at radius 2 is 2.35 bits per heavy atom. The predicted octanol–water partition coefficient (Wildman–Crippen LogP) is 0.507. The Labute approximate surface area is 98.9 Å². The molecule has 6 heteroatoms. The molecule has 1 saturated heterocycles. The first-order valence-electron chi connectivity index (χ1n) is 5.54. The van der Waals surface area contributed by atoms with Gasteiger partial charge in [-0.15, -0.1) is 0 Å². The van der Waals surface area contributed by atoms with Crippen molar-refractivity contribution in [1.29, 1.82) is 0 Å². The molecule has 92 valence electrons. The lowest BCUT2D eigenvalue weighted by Crippen LogP contribution is -2.28. The van der Waals surface area contributed by atoms with Crippen molar-refractivity contribution in [2.75, 3.05) is 7.05 Å². The van der Waals surface area contributed by atoms with Gasteiger partial charge in [0.15, 0.2) is 0 Å². The van der Waals surface area contributed by atoms with Crippen LogP contribution in [0.4, 0.5) is 0 Å². The number of likely N-dealkylation sites (tertiary alicyclic amines) is 1. The molecule has 0 radical (unpaired) electrons. The molecule has 0 aliphatic carbocycles. The molecule has 1 N–H and O–H groups in total. The van der Waals surface area contributed by atoms with Gasteiger partial charge in [0.25, 0.3) is 0 Å². The van der Waals surface area contributed by atoms with Crippen LogP contribution in [0.1, 0.15) is 25.1 Å². The maximum atomic E-state index is 11.6. The van der Waals surface area contributed by atoms with Gasteiger partial charge in [-0.3, -0.25) is 9.59 Å². The number of rotatable bonds is 3. The quantitative estimate of drug-likeness (QED) is 0.831. The zero-order valence-corrected chi connectivity index (χ0v) is 9.83. The van der Waals surface area contributed by atoms with Crippen molar-refractivity contribution in [1.82, 2.24) is 14.5 Å². The summed E-state index contributed by atoms with van der Waals surface area (Å²) >= 11 is 0. The van der Waals surface area contributed by atoms with Crippen molar-refractivity contribution in [3.8, 4) is 0 Å². The molecule has 1 aromatic rings. The Bertz CT molecular complexity index is 455. The van der Waals surface area contributed by atoms with E-state index in [1.54, 1.807) is 19.6 Å². The Kier molecular flexibility index (Phi) is 2.87. The number of carboxylic acid groups (broad SMARTS) is 1. The summed E-state index contributed by atoms with van der Waals surface area (Å²) < 4.78 is 1.87. The third-order valence-electron chi connectivity index (χ3n) is 3.29. The maximum absolute atomic E-state index is 11.6. The number of carbonyl (C=O) groups excluding carboxylic acids is 1. The molecule has 2 unspecified atom stereocenters. The molecule has 0 saturated carbocycles. The summed E-state index contributed by atoms with van der Waals surface area (Å²) in [5.41, 5.74) is 0.785. The first kappa shape index (κ1) is 11.6. The molecule has 1 amide bonds. The number of hydrogen-bond acceptors (Lipinski definition) is 3. The molecular weight excluding hydrogens is 222 g/mol. The fraction of sp³-hybridized carbons (Fsp3) is 0.545. The van der Waals surface area contributed by atoms with Gasteiger partial charge in [-0.05, 0) is 6.92 Å². The summed E-state index contributed by atoms with van der Waals surface area (Å²) in [5.74, 6) is -1.75. The van der Waals surface area contributed by atoms with Crippen LogP contribution in [0.25, 0.3) is 0 Å². The van der Waals surface area contributed by atoms with E-state index in [1.165, 1.54) is 4.90 Å². The average molecular weight is 237 g/mol. The third-order valence-corrected chi connectivity index (χ3v) is 3.29. The van der Waals surface area contributed by atoms with E-state index in [1.807, 2.05) is 11.5 Å². The zero-order valence-electron chi connectivity index (χ0n) is 9.83. The molecule has 1 fully saturated rings. The fourth-order valence-corrected chi connectivity index (χ4v) is 2.34. The normalized spacial score (nSPS) is 24.4.